The molecular formula is C15H28N2O2. The molecular weight excluding hydrogens is 240 g/mol. The van der Waals surface area contributed by atoms with Crippen molar-refractivity contribution in [2.24, 2.45) is 5.92 Å². The smallest absolute Gasteiger partial charge is 0.224 e. The molecule has 1 unspecified atom stereocenters. The van der Waals surface area contributed by atoms with Crippen LogP contribution in [0.25, 0.3) is 0 Å². The van der Waals surface area contributed by atoms with Gasteiger partial charge in [-0.15, -0.1) is 0 Å². The van der Waals surface area contributed by atoms with E-state index >= 15 is 0 Å². The Morgan fingerprint density at radius 1 is 1.37 bits per heavy atom. The van der Waals surface area contributed by atoms with Gasteiger partial charge in [-0.1, -0.05) is 13.8 Å². The largest absolute Gasteiger partial charge is 0.375 e. The quantitative estimate of drug-likeness (QED) is 0.818. The maximum Gasteiger partial charge on any atom is 0.224 e. The summed E-state index contributed by atoms with van der Waals surface area (Å²) in [4.78, 5) is 12.3. The summed E-state index contributed by atoms with van der Waals surface area (Å²) < 4.78 is 5.96. The third-order valence-electron chi connectivity index (χ3n) is 4.80. The molecule has 0 spiro atoms. The van der Waals surface area contributed by atoms with Gasteiger partial charge in [0.2, 0.25) is 5.91 Å². The van der Waals surface area contributed by atoms with E-state index in [9.17, 15) is 4.79 Å². The minimum atomic E-state index is -0.0129. The summed E-state index contributed by atoms with van der Waals surface area (Å²) in [5.41, 5.74) is -0.0129. The average Bonchev–Trinajstić information content (AvgIpc) is 2.48. The molecule has 0 aromatic carbocycles. The Kier molecular flexibility index (Phi) is 5.22. The lowest BCUT2D eigenvalue weighted by atomic mass is 9.85. The Bertz CT molecular complexity index is 297. The topological polar surface area (TPSA) is 50.4 Å². The third kappa shape index (κ3) is 3.69. The predicted molar refractivity (Wildman–Crippen MR) is 76.0 cm³/mol. The predicted octanol–water partition coefficient (Wildman–Crippen LogP) is 1.84. The number of carbonyl (C=O) groups excluding carboxylic acids is 1. The zero-order valence-corrected chi connectivity index (χ0v) is 12.3. The first kappa shape index (κ1) is 14.8. The number of piperidine rings is 1. The molecule has 0 saturated carbocycles. The van der Waals surface area contributed by atoms with E-state index in [2.05, 4.69) is 24.5 Å². The Labute approximate surface area is 116 Å². The maximum atomic E-state index is 12.3. The lowest BCUT2D eigenvalue weighted by molar-refractivity contribution is -0.130. The molecule has 2 heterocycles. The monoisotopic (exact) mass is 268 g/mol. The lowest BCUT2D eigenvalue weighted by Gasteiger charge is -2.40. The van der Waals surface area contributed by atoms with Crippen molar-refractivity contribution < 1.29 is 9.53 Å². The van der Waals surface area contributed by atoms with Gasteiger partial charge in [-0.05, 0) is 45.1 Å². The van der Waals surface area contributed by atoms with Crippen LogP contribution in [0.2, 0.25) is 0 Å². The molecule has 2 saturated heterocycles. The lowest BCUT2D eigenvalue weighted by Crippen LogP contribution is -2.50. The summed E-state index contributed by atoms with van der Waals surface area (Å²) in [5.74, 6) is 0.398. The van der Waals surface area contributed by atoms with Gasteiger partial charge < -0.3 is 15.4 Å². The second-order valence-electron chi connectivity index (χ2n) is 5.98. The second kappa shape index (κ2) is 6.71. The number of rotatable bonds is 4. The van der Waals surface area contributed by atoms with Crippen LogP contribution in [0.5, 0.6) is 0 Å². The van der Waals surface area contributed by atoms with Crippen LogP contribution in [0.3, 0.4) is 0 Å². The summed E-state index contributed by atoms with van der Waals surface area (Å²) in [7, 11) is 0. The fourth-order valence-corrected chi connectivity index (χ4v) is 3.29. The molecule has 4 nitrogen and oxygen atoms in total. The van der Waals surface area contributed by atoms with Crippen LogP contribution in [0, 0.1) is 5.92 Å². The van der Waals surface area contributed by atoms with Gasteiger partial charge in [-0.3, -0.25) is 4.79 Å². The Morgan fingerprint density at radius 3 is 2.79 bits per heavy atom. The van der Waals surface area contributed by atoms with Gasteiger partial charge in [-0.2, -0.15) is 0 Å². The van der Waals surface area contributed by atoms with Crippen molar-refractivity contribution in [3.8, 4) is 0 Å². The highest BCUT2D eigenvalue weighted by Gasteiger charge is 2.35. The van der Waals surface area contributed by atoms with Crippen molar-refractivity contribution in [2.75, 3.05) is 19.7 Å². The number of hydrogen-bond acceptors (Lipinski definition) is 3. The second-order valence-corrected chi connectivity index (χ2v) is 5.98. The SMILES string of the molecule is CCC1(CC)CC(NC(=O)[C@H]2CCCNC2)CCO1. The van der Waals surface area contributed by atoms with Gasteiger partial charge in [0.15, 0.2) is 0 Å². The molecule has 0 aromatic rings. The van der Waals surface area contributed by atoms with Gasteiger partial charge in [0.1, 0.15) is 0 Å². The van der Waals surface area contributed by atoms with Crippen molar-refractivity contribution >= 4 is 5.91 Å². The summed E-state index contributed by atoms with van der Waals surface area (Å²) in [6.45, 7) is 7.02. The number of ether oxygens (including phenoxy) is 1. The van der Waals surface area contributed by atoms with Crippen molar-refractivity contribution in [1.29, 1.82) is 0 Å². The minimum Gasteiger partial charge on any atom is -0.375 e. The number of hydrogen-bond donors (Lipinski definition) is 2. The number of carbonyl (C=O) groups is 1. The summed E-state index contributed by atoms with van der Waals surface area (Å²) in [6, 6.07) is 0.295. The Hall–Kier alpha value is -0.610. The molecule has 0 aromatic heterocycles. The summed E-state index contributed by atoms with van der Waals surface area (Å²) >= 11 is 0. The van der Waals surface area contributed by atoms with E-state index < -0.39 is 0 Å². The molecule has 1 amide bonds. The van der Waals surface area contributed by atoms with Crippen molar-refractivity contribution in [3.63, 3.8) is 0 Å². The molecule has 2 N–H and O–H groups in total. The molecule has 110 valence electrons. The molecule has 2 fully saturated rings. The molecule has 0 bridgehead atoms. The van der Waals surface area contributed by atoms with Gasteiger partial charge in [0.05, 0.1) is 11.5 Å². The molecule has 0 aliphatic carbocycles. The van der Waals surface area contributed by atoms with E-state index in [0.717, 1.165) is 58.2 Å². The van der Waals surface area contributed by atoms with Crippen LogP contribution in [-0.2, 0) is 9.53 Å². The highest BCUT2D eigenvalue weighted by atomic mass is 16.5. The summed E-state index contributed by atoms with van der Waals surface area (Å²) in [5, 5.41) is 6.56. The summed E-state index contributed by atoms with van der Waals surface area (Å²) in [6.07, 6.45) is 6.11. The van der Waals surface area contributed by atoms with Crippen molar-refractivity contribution in [1.82, 2.24) is 10.6 Å². The van der Waals surface area contributed by atoms with Gasteiger partial charge in [0.25, 0.3) is 0 Å². The van der Waals surface area contributed by atoms with Crippen LogP contribution in [0.15, 0.2) is 0 Å². The fraction of sp³-hybridized carbons (Fsp3) is 0.933. The number of amides is 1. The van der Waals surface area contributed by atoms with Crippen LogP contribution in [-0.4, -0.2) is 37.2 Å². The number of nitrogens with one attached hydrogen (secondary N) is 2. The first-order valence-corrected chi connectivity index (χ1v) is 7.84. The van der Waals surface area contributed by atoms with Crippen molar-refractivity contribution in [2.45, 2.75) is 64.0 Å². The standard InChI is InChI=1S/C15H28N2O2/c1-3-15(4-2)10-13(7-9-19-15)17-14(18)12-6-5-8-16-11-12/h12-13,16H,3-11H2,1-2H3,(H,17,18)/t12-,13?/m0/s1. The molecule has 2 atom stereocenters. The van der Waals surface area contributed by atoms with Gasteiger partial charge in [0, 0.05) is 19.2 Å². The first-order valence-electron chi connectivity index (χ1n) is 7.84. The zero-order chi connectivity index (χ0) is 13.7. The van der Waals surface area contributed by atoms with Crippen LogP contribution < -0.4 is 10.6 Å². The highest BCUT2D eigenvalue weighted by molar-refractivity contribution is 5.79. The van der Waals surface area contributed by atoms with E-state index in [1.807, 2.05) is 0 Å². The van der Waals surface area contributed by atoms with Crippen LogP contribution in [0.1, 0.15) is 52.4 Å². The van der Waals surface area contributed by atoms with Crippen LogP contribution >= 0.6 is 0 Å². The zero-order valence-electron chi connectivity index (χ0n) is 12.3. The maximum absolute atomic E-state index is 12.3. The molecule has 4 heteroatoms. The van der Waals surface area contributed by atoms with Crippen LogP contribution in [0.4, 0.5) is 0 Å². The highest BCUT2D eigenvalue weighted by Crippen LogP contribution is 2.31. The van der Waals surface area contributed by atoms with Gasteiger partial charge in [-0.25, -0.2) is 0 Å². The van der Waals surface area contributed by atoms with E-state index in [4.69, 9.17) is 4.74 Å². The van der Waals surface area contributed by atoms with E-state index in [1.54, 1.807) is 0 Å². The van der Waals surface area contributed by atoms with E-state index in [-0.39, 0.29) is 17.4 Å². The normalized spacial score (nSPS) is 30.8. The van der Waals surface area contributed by atoms with Gasteiger partial charge >= 0.3 is 0 Å². The molecule has 2 aliphatic heterocycles. The molecule has 2 aliphatic rings. The van der Waals surface area contributed by atoms with Crippen molar-refractivity contribution in [3.05, 3.63) is 0 Å². The van der Waals surface area contributed by atoms with E-state index in [0.29, 0.717) is 6.04 Å². The fourth-order valence-electron chi connectivity index (χ4n) is 3.29. The molecule has 19 heavy (non-hydrogen) atoms. The average molecular weight is 268 g/mol. The first-order chi connectivity index (χ1) is 9.19. The third-order valence-corrected chi connectivity index (χ3v) is 4.80. The Morgan fingerprint density at radius 2 is 2.16 bits per heavy atom. The minimum absolute atomic E-state index is 0.0129. The molecule has 2 rings (SSSR count). The molecule has 0 radical (unpaired) electrons. The Balaban J connectivity index is 1.86. The van der Waals surface area contributed by atoms with E-state index in [1.165, 1.54) is 0 Å².